The number of nitrogen functional groups attached to an aromatic ring is 1. The van der Waals surface area contributed by atoms with Gasteiger partial charge in [-0.25, -0.2) is 8.78 Å². The lowest BCUT2D eigenvalue weighted by atomic mass is 9.86. The number of hydrogen-bond donors (Lipinski definition) is 1. The largest absolute Gasteiger partial charge is 0.396 e. The van der Waals surface area contributed by atoms with Crippen molar-refractivity contribution in [2.45, 2.75) is 26.2 Å². The summed E-state index contributed by atoms with van der Waals surface area (Å²) in [6.07, 6.45) is 0. The van der Waals surface area contributed by atoms with Gasteiger partial charge >= 0.3 is 0 Å². The van der Waals surface area contributed by atoms with Crippen molar-refractivity contribution >= 4 is 18.1 Å². The van der Waals surface area contributed by atoms with Crippen LogP contribution < -0.4 is 5.73 Å². The Kier molecular flexibility index (Phi) is 3.89. The van der Waals surface area contributed by atoms with E-state index in [1.54, 1.807) is 0 Å². The fourth-order valence-electron chi connectivity index (χ4n) is 1.14. The molecule has 0 heterocycles. The van der Waals surface area contributed by atoms with E-state index in [1.165, 1.54) is 6.07 Å². The number of rotatable bonds is 0. The summed E-state index contributed by atoms with van der Waals surface area (Å²) in [5, 5.41) is 0. The van der Waals surface area contributed by atoms with Crippen molar-refractivity contribution in [2.24, 2.45) is 0 Å². The Bertz CT molecular complexity index is 332. The molecule has 0 aliphatic heterocycles. The van der Waals surface area contributed by atoms with Crippen molar-refractivity contribution in [1.29, 1.82) is 0 Å². The molecule has 1 nitrogen and oxygen atoms in total. The molecule has 2 N–H and O–H groups in total. The van der Waals surface area contributed by atoms with E-state index in [2.05, 4.69) is 0 Å². The average molecular weight is 222 g/mol. The summed E-state index contributed by atoms with van der Waals surface area (Å²) in [7, 11) is 0. The van der Waals surface area contributed by atoms with Gasteiger partial charge in [0.1, 0.15) is 11.6 Å². The summed E-state index contributed by atoms with van der Waals surface area (Å²) in [5.41, 5.74) is 5.42. The van der Waals surface area contributed by atoms with E-state index < -0.39 is 11.6 Å². The van der Waals surface area contributed by atoms with Gasteiger partial charge in [-0.05, 0) is 17.0 Å². The second kappa shape index (κ2) is 4.13. The second-order valence-corrected chi connectivity index (χ2v) is 4.10. The first-order valence-electron chi connectivity index (χ1n) is 4.07. The normalized spacial score (nSPS) is 10.9. The molecule has 0 atom stereocenters. The van der Waals surface area contributed by atoms with Crippen LogP contribution in [0.3, 0.4) is 0 Å². The smallest absolute Gasteiger partial charge is 0.149 e. The Morgan fingerprint density at radius 2 is 1.57 bits per heavy atom. The van der Waals surface area contributed by atoms with Gasteiger partial charge in [-0.2, -0.15) is 0 Å². The van der Waals surface area contributed by atoms with Crippen LogP contribution in [-0.2, 0) is 5.41 Å². The highest BCUT2D eigenvalue weighted by Gasteiger charge is 2.19. The molecule has 1 rings (SSSR count). The second-order valence-electron chi connectivity index (χ2n) is 4.10. The van der Waals surface area contributed by atoms with Crippen LogP contribution in [-0.4, -0.2) is 0 Å². The maximum Gasteiger partial charge on any atom is 0.149 e. The van der Waals surface area contributed by atoms with Crippen molar-refractivity contribution in [3.8, 4) is 0 Å². The van der Waals surface area contributed by atoms with Crippen LogP contribution in [0.4, 0.5) is 14.5 Å². The molecule has 0 radical (unpaired) electrons. The quantitative estimate of drug-likeness (QED) is 0.669. The summed E-state index contributed by atoms with van der Waals surface area (Å²) >= 11 is 0. The molecule has 0 amide bonds. The molecular formula is C10H14ClF2N. The lowest BCUT2D eigenvalue weighted by Crippen LogP contribution is -2.14. The number of benzene rings is 1. The SMILES string of the molecule is CC(C)(C)c1cc(N)c(F)cc1F.Cl. The monoisotopic (exact) mass is 221 g/mol. The van der Waals surface area contributed by atoms with E-state index in [9.17, 15) is 8.78 Å². The number of halogens is 3. The molecule has 4 heteroatoms. The molecule has 0 spiro atoms. The summed E-state index contributed by atoms with van der Waals surface area (Å²) in [5.74, 6) is -1.25. The molecule has 1 aromatic carbocycles. The first-order valence-corrected chi connectivity index (χ1v) is 4.07. The first-order chi connectivity index (χ1) is 5.82. The third-order valence-electron chi connectivity index (χ3n) is 1.89. The van der Waals surface area contributed by atoms with Crippen LogP contribution in [0.1, 0.15) is 26.3 Å². The molecule has 0 unspecified atom stereocenters. The van der Waals surface area contributed by atoms with Crippen LogP contribution in [0.2, 0.25) is 0 Å². The zero-order valence-electron chi connectivity index (χ0n) is 8.40. The lowest BCUT2D eigenvalue weighted by Gasteiger charge is -2.20. The van der Waals surface area contributed by atoms with E-state index in [4.69, 9.17) is 5.73 Å². The summed E-state index contributed by atoms with van der Waals surface area (Å²) in [6.45, 7) is 5.55. The molecule has 0 saturated carbocycles. The Labute approximate surface area is 88.7 Å². The highest BCUT2D eigenvalue weighted by molar-refractivity contribution is 5.85. The molecule has 1 aromatic rings. The van der Waals surface area contributed by atoms with Gasteiger partial charge in [-0.3, -0.25) is 0 Å². The maximum absolute atomic E-state index is 13.2. The zero-order chi connectivity index (χ0) is 10.2. The number of hydrogen-bond acceptors (Lipinski definition) is 1. The minimum absolute atomic E-state index is 0. The minimum atomic E-state index is -0.703. The van der Waals surface area contributed by atoms with Crippen molar-refractivity contribution in [3.63, 3.8) is 0 Å². The molecule has 80 valence electrons. The Morgan fingerprint density at radius 1 is 1.07 bits per heavy atom. The molecule has 0 aliphatic carbocycles. The predicted molar refractivity (Wildman–Crippen MR) is 56.7 cm³/mol. The van der Waals surface area contributed by atoms with Crippen LogP contribution >= 0.6 is 12.4 Å². The fraction of sp³-hybridized carbons (Fsp3) is 0.400. The number of anilines is 1. The van der Waals surface area contributed by atoms with Crippen molar-refractivity contribution in [3.05, 3.63) is 29.3 Å². The van der Waals surface area contributed by atoms with Crippen LogP contribution in [0.15, 0.2) is 12.1 Å². The Hall–Kier alpha value is -0.830. The van der Waals surface area contributed by atoms with Gasteiger partial charge in [0.05, 0.1) is 5.69 Å². The molecular weight excluding hydrogens is 208 g/mol. The Morgan fingerprint density at radius 3 is 2.00 bits per heavy atom. The van der Waals surface area contributed by atoms with E-state index >= 15 is 0 Å². The zero-order valence-corrected chi connectivity index (χ0v) is 9.21. The molecule has 0 aliphatic rings. The lowest BCUT2D eigenvalue weighted by molar-refractivity contribution is 0.512. The van der Waals surface area contributed by atoms with Crippen molar-refractivity contribution in [2.75, 3.05) is 5.73 Å². The molecule has 14 heavy (non-hydrogen) atoms. The first kappa shape index (κ1) is 13.2. The van der Waals surface area contributed by atoms with Gasteiger partial charge < -0.3 is 5.73 Å². The highest BCUT2D eigenvalue weighted by atomic mass is 35.5. The topological polar surface area (TPSA) is 26.0 Å². The van der Waals surface area contributed by atoms with E-state index in [0.29, 0.717) is 5.56 Å². The van der Waals surface area contributed by atoms with Crippen molar-refractivity contribution < 1.29 is 8.78 Å². The maximum atomic E-state index is 13.2. The van der Waals surface area contributed by atoms with Gasteiger partial charge in [0.2, 0.25) is 0 Å². The van der Waals surface area contributed by atoms with E-state index in [0.717, 1.165) is 6.07 Å². The van der Waals surface area contributed by atoms with E-state index in [1.807, 2.05) is 20.8 Å². The molecule has 0 bridgehead atoms. The fourth-order valence-corrected chi connectivity index (χ4v) is 1.14. The Balaban J connectivity index is 0.00000169. The van der Waals surface area contributed by atoms with Gasteiger partial charge in [0.15, 0.2) is 0 Å². The van der Waals surface area contributed by atoms with Gasteiger partial charge in [-0.15, -0.1) is 12.4 Å². The van der Waals surface area contributed by atoms with Gasteiger partial charge in [0, 0.05) is 6.07 Å². The minimum Gasteiger partial charge on any atom is -0.396 e. The van der Waals surface area contributed by atoms with Crippen molar-refractivity contribution in [1.82, 2.24) is 0 Å². The third kappa shape index (κ3) is 2.58. The third-order valence-corrected chi connectivity index (χ3v) is 1.89. The van der Waals surface area contributed by atoms with Gasteiger partial charge in [-0.1, -0.05) is 20.8 Å². The summed E-state index contributed by atoms with van der Waals surface area (Å²) in [4.78, 5) is 0. The summed E-state index contributed by atoms with van der Waals surface area (Å²) < 4.78 is 26.0. The highest BCUT2D eigenvalue weighted by Crippen LogP contribution is 2.28. The predicted octanol–water partition coefficient (Wildman–Crippen LogP) is 3.27. The number of nitrogens with two attached hydrogens (primary N) is 1. The molecule has 0 saturated heterocycles. The van der Waals surface area contributed by atoms with Crippen LogP contribution in [0.5, 0.6) is 0 Å². The van der Waals surface area contributed by atoms with E-state index in [-0.39, 0.29) is 23.5 Å². The van der Waals surface area contributed by atoms with Crippen LogP contribution in [0.25, 0.3) is 0 Å². The van der Waals surface area contributed by atoms with Crippen LogP contribution in [0, 0.1) is 11.6 Å². The summed E-state index contributed by atoms with van der Waals surface area (Å²) in [6, 6.07) is 2.18. The standard InChI is InChI=1S/C10H13F2N.ClH/c1-10(2,3)6-4-9(13)8(12)5-7(6)11;/h4-5H,13H2,1-3H3;1H. The average Bonchev–Trinajstić information content (AvgIpc) is 1.94. The molecule has 0 aromatic heterocycles. The molecule has 0 fully saturated rings. The van der Waals surface area contributed by atoms with Gasteiger partial charge in [0.25, 0.3) is 0 Å².